The third kappa shape index (κ3) is 5.63. The fourth-order valence-corrected chi connectivity index (χ4v) is 3.93. The molecule has 0 saturated carbocycles. The SMILES string of the molecule is COc1cc(CCCl)c([C@@H](N[S@](=O)C(C)(C)C)c2ccc(Cl)cc2)cc1OC. The second-order valence-electron chi connectivity index (χ2n) is 7.33. The van der Waals surface area contributed by atoms with Crippen molar-refractivity contribution in [3.63, 3.8) is 0 Å². The molecule has 4 nitrogen and oxygen atoms in total. The zero-order chi connectivity index (χ0) is 20.9. The average Bonchev–Trinajstić information content (AvgIpc) is 2.66. The molecule has 0 aliphatic rings. The molecule has 0 saturated heterocycles. The summed E-state index contributed by atoms with van der Waals surface area (Å²) < 4.78 is 26.7. The summed E-state index contributed by atoms with van der Waals surface area (Å²) in [6.45, 7) is 5.80. The minimum Gasteiger partial charge on any atom is -0.493 e. The molecule has 28 heavy (non-hydrogen) atoms. The molecule has 0 amide bonds. The Morgan fingerprint density at radius 2 is 1.64 bits per heavy atom. The van der Waals surface area contributed by atoms with Gasteiger partial charge in [0.15, 0.2) is 11.5 Å². The van der Waals surface area contributed by atoms with Gasteiger partial charge in [0.05, 0.1) is 36.0 Å². The smallest absolute Gasteiger partial charge is 0.161 e. The predicted octanol–water partition coefficient (Wildman–Crippen LogP) is 5.28. The summed E-state index contributed by atoms with van der Waals surface area (Å²) in [7, 11) is 1.91. The van der Waals surface area contributed by atoms with Crippen LogP contribution in [0.25, 0.3) is 0 Å². The molecule has 0 radical (unpaired) electrons. The van der Waals surface area contributed by atoms with E-state index in [1.807, 2.05) is 57.2 Å². The number of alkyl halides is 1. The van der Waals surface area contributed by atoms with E-state index in [2.05, 4.69) is 4.72 Å². The van der Waals surface area contributed by atoms with Crippen molar-refractivity contribution in [1.29, 1.82) is 0 Å². The summed E-state index contributed by atoms with van der Waals surface area (Å²) >= 11 is 12.1. The molecule has 0 spiro atoms. The Morgan fingerprint density at radius 1 is 1.07 bits per heavy atom. The van der Waals surface area contributed by atoms with Crippen molar-refractivity contribution in [3.8, 4) is 11.5 Å². The van der Waals surface area contributed by atoms with Crippen LogP contribution in [0.1, 0.15) is 43.5 Å². The summed E-state index contributed by atoms with van der Waals surface area (Å²) in [5.74, 6) is 1.70. The van der Waals surface area contributed by atoms with E-state index in [1.165, 1.54) is 0 Å². The quantitative estimate of drug-likeness (QED) is 0.564. The Hall–Kier alpha value is -1.27. The molecule has 0 fully saturated rings. The maximum Gasteiger partial charge on any atom is 0.161 e. The Kier molecular flexibility index (Phi) is 8.19. The number of hydrogen-bond donors (Lipinski definition) is 1. The van der Waals surface area contributed by atoms with Crippen LogP contribution in [-0.4, -0.2) is 29.1 Å². The van der Waals surface area contributed by atoms with E-state index in [1.54, 1.807) is 14.2 Å². The van der Waals surface area contributed by atoms with Crippen molar-refractivity contribution in [2.45, 2.75) is 38.0 Å². The minimum absolute atomic E-state index is 0.324. The molecule has 154 valence electrons. The van der Waals surface area contributed by atoms with E-state index >= 15 is 0 Å². The molecule has 2 rings (SSSR count). The number of rotatable bonds is 8. The number of nitrogens with one attached hydrogen (secondary N) is 1. The van der Waals surface area contributed by atoms with Crippen LogP contribution in [-0.2, 0) is 17.4 Å². The lowest BCUT2D eigenvalue weighted by atomic mass is 9.93. The molecule has 1 N–H and O–H groups in total. The van der Waals surface area contributed by atoms with Gasteiger partial charge in [-0.15, -0.1) is 11.6 Å². The topological polar surface area (TPSA) is 47.6 Å². The number of methoxy groups -OCH3 is 2. The lowest BCUT2D eigenvalue weighted by molar-refractivity contribution is 0.354. The standard InChI is InChI=1S/C21H27Cl2NO3S/c1-21(2,3)28(25)24-20(14-6-8-16(23)9-7-14)17-13-19(27-5)18(26-4)12-15(17)10-11-22/h6-9,12-13,20,24H,10-11H2,1-5H3/t20-,28+/m0/s1. The van der Waals surface area contributed by atoms with Crippen LogP contribution in [0.3, 0.4) is 0 Å². The molecule has 2 aromatic carbocycles. The summed E-state index contributed by atoms with van der Waals surface area (Å²) in [5.41, 5.74) is 2.90. The molecule has 0 aromatic heterocycles. The van der Waals surface area contributed by atoms with Crippen LogP contribution in [0.2, 0.25) is 5.02 Å². The third-order valence-electron chi connectivity index (χ3n) is 4.30. The van der Waals surface area contributed by atoms with Crippen molar-refractivity contribution in [2.24, 2.45) is 0 Å². The molecule has 7 heteroatoms. The molecule has 2 atom stereocenters. The zero-order valence-corrected chi connectivity index (χ0v) is 19.2. The molecular weight excluding hydrogens is 417 g/mol. The lowest BCUT2D eigenvalue weighted by Gasteiger charge is -2.27. The highest BCUT2D eigenvalue weighted by Crippen LogP contribution is 2.36. The molecule has 0 heterocycles. The van der Waals surface area contributed by atoms with E-state index in [0.29, 0.717) is 28.8 Å². The Balaban J connectivity index is 2.64. The van der Waals surface area contributed by atoms with Gasteiger partial charge in [-0.05, 0) is 68.1 Å². The van der Waals surface area contributed by atoms with Crippen LogP contribution < -0.4 is 14.2 Å². The van der Waals surface area contributed by atoms with E-state index < -0.39 is 15.7 Å². The van der Waals surface area contributed by atoms with Gasteiger partial charge in [0.1, 0.15) is 0 Å². The number of halogens is 2. The Morgan fingerprint density at radius 3 is 2.14 bits per heavy atom. The summed E-state index contributed by atoms with van der Waals surface area (Å²) in [6.07, 6.45) is 0.644. The van der Waals surface area contributed by atoms with Gasteiger partial charge in [0, 0.05) is 10.9 Å². The maximum absolute atomic E-state index is 12.9. The largest absolute Gasteiger partial charge is 0.493 e. The van der Waals surface area contributed by atoms with Gasteiger partial charge in [0.25, 0.3) is 0 Å². The van der Waals surface area contributed by atoms with Gasteiger partial charge in [0.2, 0.25) is 0 Å². The third-order valence-corrected chi connectivity index (χ3v) is 6.31. The second kappa shape index (κ2) is 9.97. The van der Waals surface area contributed by atoms with Gasteiger partial charge < -0.3 is 9.47 Å². The first-order valence-corrected chi connectivity index (χ1v) is 11.0. The normalized spacial score (nSPS) is 13.8. The number of hydrogen-bond acceptors (Lipinski definition) is 3. The summed E-state index contributed by atoms with van der Waals surface area (Å²) in [4.78, 5) is 0. The van der Waals surface area contributed by atoms with E-state index in [4.69, 9.17) is 32.7 Å². The maximum atomic E-state index is 12.9. The fraction of sp³-hybridized carbons (Fsp3) is 0.429. The molecule has 0 aliphatic heterocycles. The summed E-state index contributed by atoms with van der Waals surface area (Å²) in [6, 6.07) is 11.0. The molecule has 2 aromatic rings. The number of ether oxygens (including phenoxy) is 2. The fourth-order valence-electron chi connectivity index (χ4n) is 2.77. The monoisotopic (exact) mass is 443 g/mol. The average molecular weight is 444 g/mol. The number of benzene rings is 2. The van der Waals surface area contributed by atoms with Crippen molar-refractivity contribution in [1.82, 2.24) is 4.72 Å². The van der Waals surface area contributed by atoms with Crippen LogP contribution in [0.15, 0.2) is 36.4 Å². The summed E-state index contributed by atoms with van der Waals surface area (Å²) in [5, 5.41) is 0.646. The van der Waals surface area contributed by atoms with E-state index in [9.17, 15) is 4.21 Å². The van der Waals surface area contributed by atoms with Crippen molar-refractivity contribution in [2.75, 3.05) is 20.1 Å². The lowest BCUT2D eigenvalue weighted by Crippen LogP contribution is -2.36. The Bertz CT molecular complexity index is 820. The van der Waals surface area contributed by atoms with Crippen LogP contribution in [0.5, 0.6) is 11.5 Å². The first kappa shape index (κ1) is 23.0. The van der Waals surface area contributed by atoms with Crippen molar-refractivity contribution in [3.05, 3.63) is 58.1 Å². The first-order chi connectivity index (χ1) is 13.2. The molecule has 0 bridgehead atoms. The Labute approximate surface area is 180 Å². The van der Waals surface area contributed by atoms with Gasteiger partial charge in [-0.3, -0.25) is 0 Å². The highest BCUT2D eigenvalue weighted by Gasteiger charge is 2.27. The van der Waals surface area contributed by atoms with E-state index in [-0.39, 0.29) is 6.04 Å². The van der Waals surface area contributed by atoms with Gasteiger partial charge >= 0.3 is 0 Å². The van der Waals surface area contributed by atoms with Gasteiger partial charge in [-0.25, -0.2) is 8.93 Å². The first-order valence-electron chi connectivity index (χ1n) is 8.95. The van der Waals surface area contributed by atoms with Crippen LogP contribution >= 0.6 is 23.2 Å². The minimum atomic E-state index is -1.29. The highest BCUT2D eigenvalue weighted by molar-refractivity contribution is 7.84. The van der Waals surface area contributed by atoms with Crippen molar-refractivity contribution >= 4 is 34.2 Å². The van der Waals surface area contributed by atoms with Crippen LogP contribution in [0, 0.1) is 0 Å². The van der Waals surface area contributed by atoms with Crippen LogP contribution in [0.4, 0.5) is 0 Å². The molecule has 0 aliphatic carbocycles. The highest BCUT2D eigenvalue weighted by atomic mass is 35.5. The molecular formula is C21H27Cl2NO3S. The predicted molar refractivity (Wildman–Crippen MR) is 118 cm³/mol. The van der Waals surface area contributed by atoms with Gasteiger partial charge in [-0.1, -0.05) is 23.7 Å². The molecule has 0 unspecified atom stereocenters. The zero-order valence-electron chi connectivity index (χ0n) is 16.8. The second-order valence-corrected chi connectivity index (χ2v) is 10.1. The van der Waals surface area contributed by atoms with Crippen molar-refractivity contribution < 1.29 is 13.7 Å². The van der Waals surface area contributed by atoms with E-state index in [0.717, 1.165) is 16.7 Å². The van der Waals surface area contributed by atoms with Gasteiger partial charge in [-0.2, -0.15) is 0 Å². The number of aryl methyl sites for hydroxylation is 1.